The van der Waals surface area contributed by atoms with E-state index in [4.69, 9.17) is 0 Å². The molecule has 0 radical (unpaired) electrons. The molecular formula is C14H23NO3S. The van der Waals surface area contributed by atoms with Gasteiger partial charge in [-0.25, -0.2) is 8.42 Å². The summed E-state index contributed by atoms with van der Waals surface area (Å²) in [6.07, 6.45) is 0.0783. The zero-order valence-corrected chi connectivity index (χ0v) is 12.6. The Morgan fingerprint density at radius 2 is 1.95 bits per heavy atom. The van der Waals surface area contributed by atoms with Gasteiger partial charge in [-0.15, -0.1) is 0 Å². The summed E-state index contributed by atoms with van der Waals surface area (Å²) >= 11 is 0. The highest BCUT2D eigenvalue weighted by Gasteiger charge is 2.19. The highest BCUT2D eigenvalue weighted by Crippen LogP contribution is 2.16. The molecule has 0 saturated carbocycles. The number of hydrogen-bond donors (Lipinski definition) is 2. The summed E-state index contributed by atoms with van der Waals surface area (Å²) in [5.41, 5.74) is 2.00. The Morgan fingerprint density at radius 1 is 1.26 bits per heavy atom. The second-order valence-corrected chi connectivity index (χ2v) is 6.92. The summed E-state index contributed by atoms with van der Waals surface area (Å²) in [6.45, 7) is 6.92. The molecular weight excluding hydrogens is 262 g/mol. The Bertz CT molecular complexity index is 511. The molecule has 2 N–H and O–H groups in total. The molecule has 4 nitrogen and oxygen atoms in total. The van der Waals surface area contributed by atoms with Crippen molar-refractivity contribution >= 4 is 9.84 Å². The zero-order chi connectivity index (χ0) is 14.5. The standard InChI is InChI=1S/C14H23NO3S/c1-4-7-15-9-13(16)10-19(17,18)14-6-5-11(2)12(3)8-14/h5-6,8,13,15-16H,4,7,9-10H2,1-3H3. The van der Waals surface area contributed by atoms with Gasteiger partial charge in [-0.2, -0.15) is 0 Å². The third kappa shape index (κ3) is 4.93. The third-order valence-corrected chi connectivity index (χ3v) is 4.85. The van der Waals surface area contributed by atoms with Crippen molar-refractivity contribution in [2.24, 2.45) is 0 Å². The molecule has 0 aliphatic carbocycles. The van der Waals surface area contributed by atoms with Crippen LogP contribution in [-0.4, -0.2) is 38.5 Å². The van der Waals surface area contributed by atoms with Gasteiger partial charge in [-0.05, 0) is 50.1 Å². The van der Waals surface area contributed by atoms with E-state index < -0.39 is 15.9 Å². The molecule has 1 atom stereocenters. The van der Waals surface area contributed by atoms with Crippen LogP contribution >= 0.6 is 0 Å². The predicted molar refractivity (Wildman–Crippen MR) is 77.1 cm³/mol. The summed E-state index contributed by atoms with van der Waals surface area (Å²) in [6, 6.07) is 5.06. The summed E-state index contributed by atoms with van der Waals surface area (Å²) in [5.74, 6) is -0.244. The fraction of sp³-hybridized carbons (Fsp3) is 0.571. The average Bonchev–Trinajstić information content (AvgIpc) is 2.32. The van der Waals surface area contributed by atoms with Crippen molar-refractivity contribution in [1.29, 1.82) is 0 Å². The number of benzene rings is 1. The van der Waals surface area contributed by atoms with E-state index in [0.29, 0.717) is 6.54 Å². The van der Waals surface area contributed by atoms with Crippen LogP contribution in [0.15, 0.2) is 23.1 Å². The fourth-order valence-electron chi connectivity index (χ4n) is 1.76. The lowest BCUT2D eigenvalue weighted by Crippen LogP contribution is -2.32. The number of rotatable bonds is 7. The second kappa shape index (κ2) is 7.03. The summed E-state index contributed by atoms with van der Waals surface area (Å²) < 4.78 is 24.3. The van der Waals surface area contributed by atoms with E-state index in [2.05, 4.69) is 5.32 Å². The van der Waals surface area contributed by atoms with Crippen LogP contribution in [0.3, 0.4) is 0 Å². The van der Waals surface area contributed by atoms with E-state index in [1.54, 1.807) is 18.2 Å². The van der Waals surface area contributed by atoms with Crippen LogP contribution < -0.4 is 5.32 Å². The minimum atomic E-state index is -3.43. The van der Waals surface area contributed by atoms with Crippen molar-refractivity contribution in [3.8, 4) is 0 Å². The van der Waals surface area contributed by atoms with Crippen molar-refractivity contribution in [3.63, 3.8) is 0 Å². The Morgan fingerprint density at radius 3 is 2.53 bits per heavy atom. The predicted octanol–water partition coefficient (Wildman–Crippen LogP) is 1.44. The normalized spacial score (nSPS) is 13.5. The fourth-order valence-corrected chi connectivity index (χ4v) is 3.21. The molecule has 108 valence electrons. The van der Waals surface area contributed by atoms with Crippen molar-refractivity contribution in [3.05, 3.63) is 29.3 Å². The third-order valence-electron chi connectivity index (χ3n) is 3.06. The Balaban J connectivity index is 2.72. The molecule has 0 bridgehead atoms. The van der Waals surface area contributed by atoms with Gasteiger partial charge in [0.2, 0.25) is 0 Å². The van der Waals surface area contributed by atoms with E-state index in [-0.39, 0.29) is 10.6 Å². The topological polar surface area (TPSA) is 66.4 Å². The van der Waals surface area contributed by atoms with Crippen molar-refractivity contribution in [2.45, 2.75) is 38.2 Å². The number of hydrogen-bond acceptors (Lipinski definition) is 4. The lowest BCUT2D eigenvalue weighted by molar-refractivity contribution is 0.194. The first kappa shape index (κ1) is 16.1. The van der Waals surface area contributed by atoms with Gasteiger partial charge in [0.25, 0.3) is 0 Å². The molecule has 0 aliphatic rings. The van der Waals surface area contributed by atoms with Crippen LogP contribution in [0.2, 0.25) is 0 Å². The maximum absolute atomic E-state index is 12.2. The van der Waals surface area contributed by atoms with Gasteiger partial charge in [0.05, 0.1) is 16.8 Å². The number of nitrogens with one attached hydrogen (secondary N) is 1. The molecule has 0 fully saturated rings. The van der Waals surface area contributed by atoms with E-state index in [0.717, 1.165) is 24.1 Å². The lowest BCUT2D eigenvalue weighted by Gasteiger charge is -2.13. The molecule has 0 aromatic heterocycles. The van der Waals surface area contributed by atoms with E-state index >= 15 is 0 Å². The average molecular weight is 285 g/mol. The van der Waals surface area contributed by atoms with Gasteiger partial charge >= 0.3 is 0 Å². The molecule has 1 aromatic carbocycles. The van der Waals surface area contributed by atoms with E-state index in [1.807, 2.05) is 20.8 Å². The van der Waals surface area contributed by atoms with Gasteiger partial charge in [-0.1, -0.05) is 13.0 Å². The number of aryl methyl sites for hydroxylation is 2. The molecule has 0 amide bonds. The highest BCUT2D eigenvalue weighted by molar-refractivity contribution is 7.91. The van der Waals surface area contributed by atoms with Crippen LogP contribution in [0.25, 0.3) is 0 Å². The Labute approximate surface area is 115 Å². The van der Waals surface area contributed by atoms with Crippen molar-refractivity contribution in [2.75, 3.05) is 18.8 Å². The van der Waals surface area contributed by atoms with E-state index in [9.17, 15) is 13.5 Å². The largest absolute Gasteiger partial charge is 0.391 e. The van der Waals surface area contributed by atoms with E-state index in [1.165, 1.54) is 0 Å². The zero-order valence-electron chi connectivity index (χ0n) is 11.8. The van der Waals surface area contributed by atoms with Crippen LogP contribution in [-0.2, 0) is 9.84 Å². The van der Waals surface area contributed by atoms with Crippen LogP contribution in [0.1, 0.15) is 24.5 Å². The lowest BCUT2D eigenvalue weighted by atomic mass is 10.1. The molecule has 1 aromatic rings. The molecule has 5 heteroatoms. The number of aliphatic hydroxyl groups is 1. The molecule has 1 unspecified atom stereocenters. The molecule has 0 aliphatic heterocycles. The molecule has 0 spiro atoms. The van der Waals surface area contributed by atoms with Gasteiger partial charge in [0.1, 0.15) is 0 Å². The smallest absolute Gasteiger partial charge is 0.180 e. The van der Waals surface area contributed by atoms with Crippen LogP contribution in [0.4, 0.5) is 0 Å². The first-order chi connectivity index (χ1) is 8.86. The van der Waals surface area contributed by atoms with Crippen molar-refractivity contribution < 1.29 is 13.5 Å². The van der Waals surface area contributed by atoms with Gasteiger partial charge in [-0.3, -0.25) is 0 Å². The molecule has 1 rings (SSSR count). The minimum Gasteiger partial charge on any atom is -0.391 e. The highest BCUT2D eigenvalue weighted by atomic mass is 32.2. The molecule has 0 saturated heterocycles. The Hall–Kier alpha value is -0.910. The quantitative estimate of drug-likeness (QED) is 0.744. The van der Waals surface area contributed by atoms with Crippen LogP contribution in [0.5, 0.6) is 0 Å². The summed E-state index contributed by atoms with van der Waals surface area (Å²) in [7, 11) is -3.43. The van der Waals surface area contributed by atoms with Gasteiger partial charge in [0, 0.05) is 6.54 Å². The van der Waals surface area contributed by atoms with Crippen molar-refractivity contribution in [1.82, 2.24) is 5.32 Å². The second-order valence-electron chi connectivity index (χ2n) is 4.89. The van der Waals surface area contributed by atoms with Gasteiger partial charge in [0.15, 0.2) is 9.84 Å². The first-order valence-electron chi connectivity index (χ1n) is 6.55. The maximum atomic E-state index is 12.2. The SMILES string of the molecule is CCCNCC(O)CS(=O)(=O)c1ccc(C)c(C)c1. The first-order valence-corrected chi connectivity index (χ1v) is 8.21. The summed E-state index contributed by atoms with van der Waals surface area (Å²) in [4.78, 5) is 0.283. The number of aliphatic hydroxyl groups excluding tert-OH is 1. The molecule has 0 heterocycles. The van der Waals surface area contributed by atoms with Crippen LogP contribution in [0, 0.1) is 13.8 Å². The summed E-state index contributed by atoms with van der Waals surface area (Å²) in [5, 5.41) is 12.8. The monoisotopic (exact) mass is 285 g/mol. The minimum absolute atomic E-state index is 0.244. The Kier molecular flexibility index (Phi) is 5.97. The van der Waals surface area contributed by atoms with Gasteiger partial charge < -0.3 is 10.4 Å². The molecule has 19 heavy (non-hydrogen) atoms. The number of sulfone groups is 1. The maximum Gasteiger partial charge on any atom is 0.180 e.